The molecule has 520 valence electrons. The Morgan fingerprint density at radius 1 is 0.211 bits per heavy atom. The van der Waals surface area contributed by atoms with Crippen LogP contribution < -0.4 is 0 Å². The molecule has 0 bridgehead atoms. The van der Waals surface area contributed by atoms with Gasteiger partial charge in [-0.1, -0.05) is 224 Å². The van der Waals surface area contributed by atoms with Gasteiger partial charge in [-0.15, -0.1) is 0 Å². The van der Waals surface area contributed by atoms with Crippen LogP contribution in [0.4, 0.5) is 0 Å². The van der Waals surface area contributed by atoms with E-state index >= 15 is 0 Å². The lowest BCUT2D eigenvalue weighted by molar-refractivity contribution is 0.151. The second kappa shape index (κ2) is 46.8. The van der Waals surface area contributed by atoms with E-state index in [1.165, 1.54) is 257 Å². The molecule has 90 heavy (non-hydrogen) atoms. The van der Waals surface area contributed by atoms with E-state index < -0.39 is 0 Å². The molecular formula is C90H160. The second-order valence-corrected chi connectivity index (χ2v) is 34.0. The Kier molecular flexibility index (Phi) is 40.4. The van der Waals surface area contributed by atoms with Gasteiger partial charge >= 0.3 is 0 Å². The van der Waals surface area contributed by atoms with Gasteiger partial charge in [0, 0.05) is 0 Å². The average molecular weight is 1240 g/mol. The summed E-state index contributed by atoms with van der Waals surface area (Å²) in [6.45, 7) is 22.6. The van der Waals surface area contributed by atoms with E-state index in [-0.39, 0.29) is 0 Å². The lowest BCUT2D eigenvalue weighted by Crippen LogP contribution is -2.25. The molecule has 10 saturated carbocycles. The molecule has 0 heteroatoms. The fourth-order valence-corrected chi connectivity index (χ4v) is 21.7. The molecule has 0 aliphatic heterocycles. The smallest absolute Gasteiger partial charge is 0.0233 e. The summed E-state index contributed by atoms with van der Waals surface area (Å²) in [4.78, 5) is 0. The van der Waals surface area contributed by atoms with Crippen LogP contribution in [-0.2, 0) is 0 Å². The van der Waals surface area contributed by atoms with E-state index in [1.807, 2.05) is 0 Å². The molecule has 0 unspecified atom stereocenters. The molecule has 10 aliphatic carbocycles. The van der Waals surface area contributed by atoms with Crippen LogP contribution in [0.2, 0.25) is 0 Å². The maximum absolute atomic E-state index is 2.45. The number of hydrogen-bond acceptors (Lipinski definition) is 0. The van der Waals surface area contributed by atoms with Gasteiger partial charge in [0.05, 0.1) is 0 Å². The molecule has 0 spiro atoms. The van der Waals surface area contributed by atoms with E-state index in [1.54, 1.807) is 64.2 Å². The molecule has 10 rings (SSSR count). The second-order valence-electron chi connectivity index (χ2n) is 34.0. The van der Waals surface area contributed by atoms with Crippen LogP contribution in [0.5, 0.6) is 0 Å². The Bertz CT molecular complexity index is 1810. The van der Waals surface area contributed by atoms with Crippen molar-refractivity contribution in [2.24, 2.45) is 118 Å². The van der Waals surface area contributed by atoms with Gasteiger partial charge in [0.15, 0.2) is 0 Å². The van der Waals surface area contributed by atoms with Crippen LogP contribution >= 0.6 is 0 Å². The predicted molar refractivity (Wildman–Crippen MR) is 403 cm³/mol. The predicted octanol–water partition coefficient (Wildman–Crippen LogP) is 29.9. The summed E-state index contributed by atoms with van der Waals surface area (Å²) in [5, 5.41) is 0. The maximum Gasteiger partial charge on any atom is -0.0233 e. The van der Waals surface area contributed by atoms with Crippen LogP contribution in [0.15, 0.2) is 60.8 Å². The molecule has 0 N–H and O–H groups in total. The van der Waals surface area contributed by atoms with Gasteiger partial charge in [-0.25, -0.2) is 0 Å². The molecule has 0 saturated heterocycles. The Hall–Kier alpha value is -1.30. The van der Waals surface area contributed by atoms with E-state index in [9.17, 15) is 0 Å². The summed E-state index contributed by atoms with van der Waals surface area (Å²) in [5.41, 5.74) is 0. The first kappa shape index (κ1) is 77.7. The normalized spacial score (nSPS) is 38.1. The van der Waals surface area contributed by atoms with Crippen molar-refractivity contribution in [2.75, 3.05) is 0 Å². The molecule has 0 nitrogen and oxygen atoms in total. The van der Waals surface area contributed by atoms with Crippen molar-refractivity contribution >= 4 is 0 Å². The van der Waals surface area contributed by atoms with Gasteiger partial charge in [0.1, 0.15) is 0 Å². The third kappa shape index (κ3) is 29.2. The van der Waals surface area contributed by atoms with Crippen molar-refractivity contribution in [1.82, 2.24) is 0 Å². The van der Waals surface area contributed by atoms with E-state index in [0.717, 1.165) is 118 Å². The summed E-state index contributed by atoms with van der Waals surface area (Å²) in [5.74, 6) is 20.7. The highest BCUT2D eigenvalue weighted by molar-refractivity contribution is 4.96. The fourth-order valence-electron chi connectivity index (χ4n) is 21.7. The Morgan fingerprint density at radius 2 is 0.422 bits per heavy atom. The largest absolute Gasteiger partial charge is 0.0914 e. The highest BCUT2D eigenvalue weighted by Crippen LogP contribution is 2.47. The van der Waals surface area contributed by atoms with Gasteiger partial charge < -0.3 is 0 Å². The van der Waals surface area contributed by atoms with Gasteiger partial charge in [-0.3, -0.25) is 0 Å². The molecule has 0 radical (unpaired) electrons. The zero-order valence-electron chi connectivity index (χ0n) is 62.7. The number of hydrogen-bond donors (Lipinski definition) is 0. The van der Waals surface area contributed by atoms with Crippen LogP contribution in [-0.4, -0.2) is 0 Å². The SMILES string of the molecule is C/C=C/C1CCC(C2CCC(C)CC2)CC1.C/C=C/C1CCC(C2CCC(CC)CC2)CC1.C/C=C/C1CCC(C2CCC(CCC)CC2)CC1.C/C=C/C1CCC(C2CCC(CCCC)CC2)CC1.C/C=C/C1CCC(C2CCC(CCCCC)CC2)CC1. The van der Waals surface area contributed by atoms with Crippen LogP contribution in [0.1, 0.15) is 390 Å². The van der Waals surface area contributed by atoms with Gasteiger partial charge in [0.2, 0.25) is 0 Å². The van der Waals surface area contributed by atoms with E-state index in [0.29, 0.717) is 0 Å². The number of allylic oxidation sites excluding steroid dienone is 10. The maximum atomic E-state index is 2.45. The Balaban J connectivity index is 0.000000179. The van der Waals surface area contributed by atoms with Gasteiger partial charge in [0.25, 0.3) is 0 Å². The number of rotatable bonds is 20. The molecule has 10 aliphatic rings. The van der Waals surface area contributed by atoms with Gasteiger partial charge in [-0.2, -0.15) is 0 Å². The van der Waals surface area contributed by atoms with E-state index in [2.05, 4.69) is 130 Å². The lowest BCUT2D eigenvalue weighted by Gasteiger charge is -2.37. The summed E-state index contributed by atoms with van der Waals surface area (Å²) >= 11 is 0. The van der Waals surface area contributed by atoms with Crippen molar-refractivity contribution in [3.05, 3.63) is 60.8 Å². The summed E-state index contributed by atoms with van der Waals surface area (Å²) in [6, 6.07) is 0. The van der Waals surface area contributed by atoms with Gasteiger partial charge in [-0.05, 0) is 346 Å². The van der Waals surface area contributed by atoms with E-state index in [4.69, 9.17) is 0 Å². The zero-order valence-corrected chi connectivity index (χ0v) is 62.7. The first-order valence-corrected chi connectivity index (χ1v) is 42.3. The topological polar surface area (TPSA) is 0 Å². The third-order valence-electron chi connectivity index (χ3n) is 27.8. The zero-order chi connectivity index (χ0) is 64.0. The highest BCUT2D eigenvalue weighted by atomic mass is 14.4. The van der Waals surface area contributed by atoms with Crippen molar-refractivity contribution in [3.63, 3.8) is 0 Å². The fraction of sp³-hybridized carbons (Fsp3) is 0.889. The summed E-state index contributed by atoms with van der Waals surface area (Å²) < 4.78 is 0. The molecule has 0 heterocycles. The quantitative estimate of drug-likeness (QED) is 0.0842. The Labute approximate surface area is 566 Å². The molecule has 0 atom stereocenters. The van der Waals surface area contributed by atoms with Crippen molar-refractivity contribution in [2.45, 2.75) is 390 Å². The molecule has 0 amide bonds. The first-order valence-electron chi connectivity index (χ1n) is 42.3. The monoisotopic (exact) mass is 1240 g/mol. The Morgan fingerprint density at radius 3 is 0.644 bits per heavy atom. The standard InChI is InChI=1S/C20H36.C19H34.C18H32.C17H30.C16H28/c1-3-5-6-8-18-11-15-20(16-12-18)19-13-9-17(7-4-2)10-14-19;1-3-5-7-17-10-14-19(15-11-17)18-12-8-16(6-4-2)9-13-18;1-3-5-15-7-11-17(12-8-15)18-13-9-16(6-4-2)10-14-18;1-3-5-15-8-12-17(13-9-15)16-10-6-14(4-2)7-11-16;1-3-4-14-7-11-16(12-8-14)15-9-5-13(2)6-10-15/h4,7,17-20H,3,5-6,8-16H2,1-2H3;4,6,16-19H,3,5,7-15H2,1-2H3;3,5,15-18H,4,6-14H2,1-2H3;3,5,14-17H,4,6-13H2,1-2H3;3-4,13-16H,5-12H2,1-2H3/b7-4+;6-4+;2*5-3+;4-3+. The first-order chi connectivity index (χ1) is 44.1. The molecule has 0 aromatic rings. The van der Waals surface area contributed by atoms with Crippen LogP contribution in [0, 0.1) is 118 Å². The van der Waals surface area contributed by atoms with Crippen LogP contribution in [0.25, 0.3) is 0 Å². The van der Waals surface area contributed by atoms with Crippen molar-refractivity contribution in [3.8, 4) is 0 Å². The van der Waals surface area contributed by atoms with Crippen molar-refractivity contribution in [1.29, 1.82) is 0 Å². The summed E-state index contributed by atoms with van der Waals surface area (Å²) in [6.07, 6.45) is 98.4. The molecular weight excluding hydrogens is 1080 g/mol. The van der Waals surface area contributed by atoms with Crippen LogP contribution in [0.3, 0.4) is 0 Å². The highest BCUT2D eigenvalue weighted by Gasteiger charge is 2.35. The van der Waals surface area contributed by atoms with Crippen molar-refractivity contribution < 1.29 is 0 Å². The molecule has 0 aromatic carbocycles. The average Bonchev–Trinajstić information content (AvgIpc) is 2.53. The molecule has 0 aromatic heterocycles. The molecule has 10 fully saturated rings. The minimum atomic E-state index is 0.904. The third-order valence-corrected chi connectivity index (χ3v) is 27.8. The minimum absolute atomic E-state index is 0.904. The number of unbranched alkanes of at least 4 members (excludes halogenated alkanes) is 3. The lowest BCUT2D eigenvalue weighted by atomic mass is 9.68. The summed E-state index contributed by atoms with van der Waals surface area (Å²) in [7, 11) is 0. The minimum Gasteiger partial charge on any atom is -0.0914 e.